The number of hydrogen-bond donors (Lipinski definition) is 1. The summed E-state index contributed by atoms with van der Waals surface area (Å²) >= 11 is 0. The number of nitrogens with one attached hydrogen (secondary N) is 1. The summed E-state index contributed by atoms with van der Waals surface area (Å²) in [6, 6.07) is 0.838. The fourth-order valence-electron chi connectivity index (χ4n) is 2.48. The van der Waals surface area contributed by atoms with Crippen LogP contribution >= 0.6 is 0 Å². The van der Waals surface area contributed by atoms with Gasteiger partial charge in [0.05, 0.1) is 0 Å². The van der Waals surface area contributed by atoms with E-state index in [1.165, 1.54) is 12.8 Å². The Labute approximate surface area is 111 Å². The summed E-state index contributed by atoms with van der Waals surface area (Å²) in [4.78, 5) is 16.6. The maximum Gasteiger partial charge on any atom is 0.223 e. The molecule has 18 heavy (non-hydrogen) atoms. The fourth-order valence-corrected chi connectivity index (χ4v) is 2.48. The second-order valence-corrected chi connectivity index (χ2v) is 6.57. The summed E-state index contributed by atoms with van der Waals surface area (Å²) in [5.74, 6) is 0.308. The van der Waals surface area contributed by atoms with Crippen LogP contribution in [0.4, 0.5) is 0 Å². The van der Waals surface area contributed by atoms with E-state index in [1.54, 1.807) is 0 Å². The summed E-state index contributed by atoms with van der Waals surface area (Å²) in [7, 11) is 0. The molecule has 0 unspecified atom stereocenters. The highest BCUT2D eigenvalue weighted by atomic mass is 16.2. The molecule has 0 atom stereocenters. The first-order valence-corrected chi connectivity index (χ1v) is 7.22. The molecule has 0 aromatic rings. The molecule has 0 aromatic heterocycles. The van der Waals surface area contributed by atoms with Crippen molar-refractivity contribution in [3.05, 3.63) is 0 Å². The zero-order valence-electron chi connectivity index (χ0n) is 12.0. The van der Waals surface area contributed by atoms with E-state index in [0.717, 1.165) is 38.8 Å². The molecule has 1 aliphatic heterocycles. The summed E-state index contributed by atoms with van der Waals surface area (Å²) in [6.07, 6.45) is 3.35. The Balaban J connectivity index is 1.64. The Morgan fingerprint density at radius 2 is 1.78 bits per heavy atom. The minimum absolute atomic E-state index is 0.102. The van der Waals surface area contributed by atoms with Gasteiger partial charge in [-0.05, 0) is 33.6 Å². The van der Waals surface area contributed by atoms with E-state index < -0.39 is 0 Å². The maximum absolute atomic E-state index is 12.0. The van der Waals surface area contributed by atoms with Crippen molar-refractivity contribution in [1.82, 2.24) is 15.1 Å². The quantitative estimate of drug-likeness (QED) is 0.814. The van der Waals surface area contributed by atoms with E-state index in [9.17, 15) is 4.79 Å². The number of carbonyl (C=O) groups excluding carboxylic acids is 1. The molecule has 2 rings (SSSR count). The average molecular weight is 253 g/mol. The van der Waals surface area contributed by atoms with Gasteiger partial charge in [0.2, 0.25) is 5.91 Å². The Morgan fingerprint density at radius 1 is 1.17 bits per heavy atom. The predicted molar refractivity (Wildman–Crippen MR) is 73.5 cm³/mol. The van der Waals surface area contributed by atoms with Gasteiger partial charge in [0, 0.05) is 50.7 Å². The van der Waals surface area contributed by atoms with Crippen molar-refractivity contribution in [2.75, 3.05) is 32.7 Å². The van der Waals surface area contributed by atoms with E-state index in [-0.39, 0.29) is 5.54 Å². The second kappa shape index (κ2) is 5.57. The van der Waals surface area contributed by atoms with Crippen molar-refractivity contribution in [3.8, 4) is 0 Å². The molecule has 1 amide bonds. The Morgan fingerprint density at radius 3 is 2.28 bits per heavy atom. The molecule has 1 N–H and O–H groups in total. The van der Waals surface area contributed by atoms with E-state index >= 15 is 0 Å². The highest BCUT2D eigenvalue weighted by Gasteiger charge is 2.32. The van der Waals surface area contributed by atoms with Crippen LogP contribution in [0, 0.1) is 0 Å². The third kappa shape index (κ3) is 4.25. The zero-order valence-corrected chi connectivity index (χ0v) is 12.0. The average Bonchev–Trinajstić information content (AvgIpc) is 3.11. The molecule has 104 valence electrons. The van der Waals surface area contributed by atoms with Gasteiger partial charge in [0.25, 0.3) is 0 Å². The lowest BCUT2D eigenvalue weighted by Crippen LogP contribution is -2.50. The topological polar surface area (TPSA) is 35.6 Å². The van der Waals surface area contributed by atoms with Crippen LogP contribution in [0.25, 0.3) is 0 Å². The van der Waals surface area contributed by atoms with Crippen LogP contribution < -0.4 is 5.32 Å². The molecule has 1 aliphatic carbocycles. The molecule has 2 fully saturated rings. The number of carbonyl (C=O) groups is 1. The molecular weight excluding hydrogens is 226 g/mol. The first-order chi connectivity index (χ1) is 8.46. The van der Waals surface area contributed by atoms with Crippen LogP contribution in [0.5, 0.6) is 0 Å². The van der Waals surface area contributed by atoms with Crippen molar-refractivity contribution in [2.45, 2.75) is 51.6 Å². The second-order valence-electron chi connectivity index (χ2n) is 6.57. The summed E-state index contributed by atoms with van der Waals surface area (Å²) in [5, 5.41) is 3.37. The lowest BCUT2D eigenvalue weighted by atomic mass is 10.1. The van der Waals surface area contributed by atoms with E-state index in [4.69, 9.17) is 0 Å². The van der Waals surface area contributed by atoms with Crippen LogP contribution in [0.3, 0.4) is 0 Å². The third-order valence-corrected chi connectivity index (χ3v) is 3.72. The highest BCUT2D eigenvalue weighted by Crippen LogP contribution is 2.27. The van der Waals surface area contributed by atoms with Crippen LogP contribution in [-0.4, -0.2) is 60.0 Å². The monoisotopic (exact) mass is 253 g/mol. The molecule has 0 bridgehead atoms. The van der Waals surface area contributed by atoms with Crippen LogP contribution in [0.15, 0.2) is 0 Å². The lowest BCUT2D eigenvalue weighted by Gasteiger charge is -2.35. The van der Waals surface area contributed by atoms with Gasteiger partial charge in [-0.25, -0.2) is 0 Å². The van der Waals surface area contributed by atoms with Crippen molar-refractivity contribution in [2.24, 2.45) is 0 Å². The standard InChI is InChI=1S/C14H27N3O/c1-14(2,3)15-7-6-13(18)17-10-8-16(9-11-17)12-4-5-12/h12,15H,4-11H2,1-3H3. The summed E-state index contributed by atoms with van der Waals surface area (Å²) < 4.78 is 0. The van der Waals surface area contributed by atoms with Crippen LogP contribution in [0.2, 0.25) is 0 Å². The number of hydrogen-bond acceptors (Lipinski definition) is 3. The molecule has 1 saturated carbocycles. The number of amides is 1. The van der Waals surface area contributed by atoms with Crippen LogP contribution in [0.1, 0.15) is 40.0 Å². The van der Waals surface area contributed by atoms with Gasteiger partial charge in [0.15, 0.2) is 0 Å². The van der Waals surface area contributed by atoms with Gasteiger partial charge < -0.3 is 10.2 Å². The molecule has 0 radical (unpaired) electrons. The number of piperazine rings is 1. The van der Waals surface area contributed by atoms with E-state index in [0.29, 0.717) is 12.3 Å². The lowest BCUT2D eigenvalue weighted by molar-refractivity contribution is -0.132. The Bertz CT molecular complexity index is 286. The SMILES string of the molecule is CC(C)(C)NCCC(=O)N1CCN(C2CC2)CC1. The maximum atomic E-state index is 12.0. The molecule has 1 saturated heterocycles. The van der Waals surface area contributed by atoms with Gasteiger partial charge in [0.1, 0.15) is 0 Å². The van der Waals surface area contributed by atoms with Crippen LogP contribution in [-0.2, 0) is 4.79 Å². The molecular formula is C14H27N3O. The first kappa shape index (κ1) is 13.8. The molecule has 0 spiro atoms. The minimum atomic E-state index is 0.102. The summed E-state index contributed by atoms with van der Waals surface area (Å²) in [5.41, 5.74) is 0.102. The molecule has 4 heteroatoms. The highest BCUT2D eigenvalue weighted by molar-refractivity contribution is 5.76. The van der Waals surface area contributed by atoms with Gasteiger partial charge in [-0.1, -0.05) is 0 Å². The Hall–Kier alpha value is -0.610. The molecule has 2 aliphatic rings. The van der Waals surface area contributed by atoms with Gasteiger partial charge in [-0.2, -0.15) is 0 Å². The summed E-state index contributed by atoms with van der Waals surface area (Å²) in [6.45, 7) is 11.2. The molecule has 0 aromatic carbocycles. The fraction of sp³-hybridized carbons (Fsp3) is 0.929. The van der Waals surface area contributed by atoms with Gasteiger partial charge in [-0.3, -0.25) is 9.69 Å². The van der Waals surface area contributed by atoms with Gasteiger partial charge in [-0.15, -0.1) is 0 Å². The smallest absolute Gasteiger partial charge is 0.223 e. The third-order valence-electron chi connectivity index (χ3n) is 3.72. The predicted octanol–water partition coefficient (Wildman–Crippen LogP) is 1.07. The van der Waals surface area contributed by atoms with E-state index in [2.05, 4.69) is 31.0 Å². The van der Waals surface area contributed by atoms with Crippen molar-refractivity contribution < 1.29 is 4.79 Å². The number of nitrogens with zero attached hydrogens (tertiary/aromatic N) is 2. The van der Waals surface area contributed by atoms with Crippen molar-refractivity contribution >= 4 is 5.91 Å². The first-order valence-electron chi connectivity index (χ1n) is 7.22. The largest absolute Gasteiger partial charge is 0.340 e. The normalized spacial score (nSPS) is 22.3. The molecule has 4 nitrogen and oxygen atoms in total. The number of rotatable bonds is 4. The Kier molecular flexibility index (Phi) is 4.28. The minimum Gasteiger partial charge on any atom is -0.340 e. The van der Waals surface area contributed by atoms with Crippen molar-refractivity contribution in [3.63, 3.8) is 0 Å². The van der Waals surface area contributed by atoms with Gasteiger partial charge >= 0.3 is 0 Å². The zero-order chi connectivity index (χ0) is 13.2. The molecule has 1 heterocycles. The van der Waals surface area contributed by atoms with Crippen molar-refractivity contribution in [1.29, 1.82) is 0 Å². The van der Waals surface area contributed by atoms with E-state index in [1.807, 2.05) is 4.90 Å².